The minimum absolute atomic E-state index is 0.150. The first kappa shape index (κ1) is 15.5. The van der Waals surface area contributed by atoms with Gasteiger partial charge in [-0.1, -0.05) is 31.7 Å². The van der Waals surface area contributed by atoms with E-state index in [1.165, 1.54) is 32.0 Å². The molecule has 1 aliphatic rings. The van der Waals surface area contributed by atoms with Gasteiger partial charge in [-0.15, -0.1) is 5.10 Å². The zero-order valence-corrected chi connectivity index (χ0v) is 13.3. The Morgan fingerprint density at radius 1 is 1.22 bits per heavy atom. The van der Waals surface area contributed by atoms with Gasteiger partial charge < -0.3 is 10.6 Å². The maximum absolute atomic E-state index is 12.2. The highest BCUT2D eigenvalue weighted by Crippen LogP contribution is 2.19. The fourth-order valence-electron chi connectivity index (χ4n) is 2.98. The van der Waals surface area contributed by atoms with Gasteiger partial charge >= 0.3 is 6.03 Å². The van der Waals surface area contributed by atoms with E-state index < -0.39 is 0 Å². The largest absolute Gasteiger partial charge is 0.335 e. The number of carbonyl (C=O) groups excluding carboxylic acids is 1. The normalized spacial score (nSPS) is 15.9. The lowest BCUT2D eigenvalue weighted by molar-refractivity contribution is 0.247. The Kier molecular flexibility index (Phi) is 4.85. The highest BCUT2D eigenvalue weighted by atomic mass is 16.2. The molecule has 0 atom stereocenters. The molecular weight excluding hydrogens is 292 g/mol. The number of amides is 2. The number of hydrogen-bond donors (Lipinski definition) is 2. The molecule has 2 N–H and O–H groups in total. The number of carbonyl (C=O) groups is 1. The number of rotatable bonds is 3. The molecule has 23 heavy (non-hydrogen) atoms. The average Bonchev–Trinajstić information content (AvgIpc) is 2.95. The standard InChI is InChI=1S/C16H22N6O/c1-12-8-9-14(10-15(12)22-11-17-20-21-22)19-16(23)18-13-6-4-2-3-5-7-13/h8-11,13H,2-7H2,1H3,(H2,18,19,23). The monoisotopic (exact) mass is 314 g/mol. The Labute approximate surface area is 135 Å². The summed E-state index contributed by atoms with van der Waals surface area (Å²) in [4.78, 5) is 12.2. The fraction of sp³-hybridized carbons (Fsp3) is 0.500. The van der Waals surface area contributed by atoms with Gasteiger partial charge in [0.1, 0.15) is 6.33 Å². The fourth-order valence-corrected chi connectivity index (χ4v) is 2.98. The van der Waals surface area contributed by atoms with Crippen LogP contribution in [0, 0.1) is 6.92 Å². The highest BCUT2D eigenvalue weighted by molar-refractivity contribution is 5.89. The summed E-state index contributed by atoms with van der Waals surface area (Å²) in [7, 11) is 0. The lowest BCUT2D eigenvalue weighted by Gasteiger charge is -2.17. The van der Waals surface area contributed by atoms with Crippen LogP contribution in [-0.2, 0) is 0 Å². The van der Waals surface area contributed by atoms with Gasteiger partial charge in [-0.2, -0.15) is 0 Å². The number of anilines is 1. The predicted octanol–water partition coefficient (Wildman–Crippen LogP) is 2.82. The molecule has 7 nitrogen and oxygen atoms in total. The third-order valence-corrected chi connectivity index (χ3v) is 4.25. The molecule has 1 heterocycles. The van der Waals surface area contributed by atoms with Gasteiger partial charge in [-0.25, -0.2) is 9.48 Å². The van der Waals surface area contributed by atoms with Gasteiger partial charge in [0.05, 0.1) is 5.69 Å². The molecule has 1 fully saturated rings. The first-order valence-electron chi connectivity index (χ1n) is 8.14. The van der Waals surface area contributed by atoms with Gasteiger partial charge in [-0.05, 0) is 47.9 Å². The molecule has 0 bridgehead atoms. The van der Waals surface area contributed by atoms with Crippen molar-refractivity contribution in [1.29, 1.82) is 0 Å². The van der Waals surface area contributed by atoms with Crippen molar-refractivity contribution >= 4 is 11.7 Å². The zero-order chi connectivity index (χ0) is 16.1. The number of nitrogens with one attached hydrogen (secondary N) is 2. The van der Waals surface area contributed by atoms with E-state index in [4.69, 9.17) is 0 Å². The molecule has 3 rings (SSSR count). The molecule has 7 heteroatoms. The van der Waals surface area contributed by atoms with E-state index in [-0.39, 0.29) is 12.1 Å². The van der Waals surface area contributed by atoms with Crippen molar-refractivity contribution in [2.24, 2.45) is 0 Å². The second-order valence-corrected chi connectivity index (χ2v) is 6.04. The van der Waals surface area contributed by atoms with E-state index >= 15 is 0 Å². The molecule has 1 aliphatic carbocycles. The lowest BCUT2D eigenvalue weighted by atomic mass is 10.1. The number of benzene rings is 1. The number of tetrazole rings is 1. The van der Waals surface area contributed by atoms with Crippen molar-refractivity contribution in [3.8, 4) is 5.69 Å². The van der Waals surface area contributed by atoms with Crippen LogP contribution in [0.5, 0.6) is 0 Å². The van der Waals surface area contributed by atoms with Crippen molar-refractivity contribution in [1.82, 2.24) is 25.5 Å². The average molecular weight is 314 g/mol. The zero-order valence-electron chi connectivity index (χ0n) is 13.3. The van der Waals surface area contributed by atoms with Gasteiger partial charge in [0.2, 0.25) is 0 Å². The van der Waals surface area contributed by atoms with Crippen molar-refractivity contribution in [2.45, 2.75) is 51.5 Å². The summed E-state index contributed by atoms with van der Waals surface area (Å²) in [5.41, 5.74) is 2.61. The summed E-state index contributed by atoms with van der Waals surface area (Å²) in [5.74, 6) is 0. The number of aromatic nitrogens is 4. The second kappa shape index (κ2) is 7.21. The molecule has 0 unspecified atom stereocenters. The maximum Gasteiger partial charge on any atom is 0.319 e. The van der Waals surface area contributed by atoms with Crippen LogP contribution in [0.3, 0.4) is 0 Å². The molecule has 0 saturated heterocycles. The lowest BCUT2D eigenvalue weighted by Crippen LogP contribution is -2.37. The molecule has 122 valence electrons. The van der Waals surface area contributed by atoms with Crippen LogP contribution in [0.2, 0.25) is 0 Å². The third kappa shape index (κ3) is 4.06. The smallest absolute Gasteiger partial charge is 0.319 e. The molecule has 2 aromatic rings. The van der Waals surface area contributed by atoms with E-state index in [0.717, 1.165) is 29.8 Å². The quantitative estimate of drug-likeness (QED) is 0.853. The maximum atomic E-state index is 12.2. The Morgan fingerprint density at radius 2 is 2.00 bits per heavy atom. The molecule has 1 aromatic heterocycles. The van der Waals surface area contributed by atoms with Gasteiger partial charge in [0.15, 0.2) is 0 Å². The summed E-state index contributed by atoms with van der Waals surface area (Å²) < 4.78 is 1.59. The van der Waals surface area contributed by atoms with E-state index in [1.807, 2.05) is 25.1 Å². The Hall–Kier alpha value is -2.44. The van der Waals surface area contributed by atoms with Crippen molar-refractivity contribution in [3.63, 3.8) is 0 Å². The van der Waals surface area contributed by atoms with Crippen LogP contribution >= 0.6 is 0 Å². The van der Waals surface area contributed by atoms with Crippen LogP contribution in [0.1, 0.15) is 44.1 Å². The van der Waals surface area contributed by atoms with Crippen LogP contribution in [0.15, 0.2) is 24.5 Å². The molecular formula is C16H22N6O. The summed E-state index contributed by atoms with van der Waals surface area (Å²) in [6.07, 6.45) is 8.60. The Balaban J connectivity index is 1.65. The van der Waals surface area contributed by atoms with E-state index in [0.29, 0.717) is 0 Å². The number of nitrogens with zero attached hydrogens (tertiary/aromatic N) is 4. The molecule has 2 amide bonds. The third-order valence-electron chi connectivity index (χ3n) is 4.25. The SMILES string of the molecule is Cc1ccc(NC(=O)NC2CCCCCC2)cc1-n1cnnn1. The molecule has 0 radical (unpaired) electrons. The predicted molar refractivity (Wildman–Crippen MR) is 87.5 cm³/mol. The molecule has 1 saturated carbocycles. The van der Waals surface area contributed by atoms with Crippen molar-refractivity contribution in [2.75, 3.05) is 5.32 Å². The Bertz CT molecular complexity index is 647. The van der Waals surface area contributed by atoms with E-state index in [2.05, 4.69) is 26.2 Å². The number of hydrogen-bond acceptors (Lipinski definition) is 4. The van der Waals surface area contributed by atoms with Crippen molar-refractivity contribution in [3.05, 3.63) is 30.1 Å². The summed E-state index contributed by atoms with van der Waals surface area (Å²) in [6.45, 7) is 1.98. The van der Waals surface area contributed by atoms with Crippen LogP contribution in [0.4, 0.5) is 10.5 Å². The molecule has 1 aromatic carbocycles. The Morgan fingerprint density at radius 3 is 2.70 bits per heavy atom. The van der Waals surface area contributed by atoms with Gasteiger partial charge in [0.25, 0.3) is 0 Å². The highest BCUT2D eigenvalue weighted by Gasteiger charge is 2.15. The first-order valence-corrected chi connectivity index (χ1v) is 8.14. The van der Waals surface area contributed by atoms with Crippen LogP contribution in [-0.4, -0.2) is 32.3 Å². The molecule has 0 aliphatic heterocycles. The topological polar surface area (TPSA) is 84.7 Å². The van der Waals surface area contributed by atoms with Gasteiger partial charge in [-0.3, -0.25) is 0 Å². The van der Waals surface area contributed by atoms with E-state index in [9.17, 15) is 4.79 Å². The van der Waals surface area contributed by atoms with E-state index in [1.54, 1.807) is 4.68 Å². The summed E-state index contributed by atoms with van der Waals surface area (Å²) in [6, 6.07) is 5.83. The first-order chi connectivity index (χ1) is 11.2. The summed E-state index contributed by atoms with van der Waals surface area (Å²) in [5, 5.41) is 17.2. The van der Waals surface area contributed by atoms with Crippen LogP contribution in [0.25, 0.3) is 5.69 Å². The number of aryl methyl sites for hydroxylation is 1. The second-order valence-electron chi connectivity index (χ2n) is 6.04. The molecule has 0 spiro atoms. The van der Waals surface area contributed by atoms with Crippen molar-refractivity contribution < 1.29 is 4.79 Å². The minimum atomic E-state index is -0.150. The minimum Gasteiger partial charge on any atom is -0.335 e. The van der Waals surface area contributed by atoms with Crippen LogP contribution < -0.4 is 10.6 Å². The van der Waals surface area contributed by atoms with Gasteiger partial charge in [0, 0.05) is 11.7 Å². The number of urea groups is 1. The summed E-state index contributed by atoms with van der Waals surface area (Å²) >= 11 is 0.